The van der Waals surface area contributed by atoms with Gasteiger partial charge in [-0.05, 0) is 43.5 Å². The van der Waals surface area contributed by atoms with Gasteiger partial charge in [0.1, 0.15) is 24.2 Å². The van der Waals surface area contributed by atoms with Crippen LogP contribution < -0.4 is 4.74 Å². The average molecular weight is 336 g/mol. The molecule has 132 valence electrons. The van der Waals surface area contributed by atoms with Crippen molar-refractivity contribution in [3.63, 3.8) is 0 Å². The normalized spacial score (nSPS) is 18.5. The molecule has 0 aromatic heterocycles. The molecular formula is C18H25FN2O3. The van der Waals surface area contributed by atoms with Crippen LogP contribution in [0.2, 0.25) is 0 Å². The summed E-state index contributed by atoms with van der Waals surface area (Å²) in [6, 6.07) is 5.31. The summed E-state index contributed by atoms with van der Waals surface area (Å²) in [5.74, 6) is 0.486. The van der Waals surface area contributed by atoms with Gasteiger partial charge in [0.05, 0.1) is 13.1 Å². The van der Waals surface area contributed by atoms with Crippen molar-refractivity contribution in [1.82, 2.24) is 9.80 Å². The molecule has 0 N–H and O–H groups in total. The van der Waals surface area contributed by atoms with Crippen LogP contribution in [0.1, 0.15) is 27.2 Å². The lowest BCUT2D eigenvalue weighted by molar-refractivity contribution is -0.156. The van der Waals surface area contributed by atoms with Crippen LogP contribution in [0.3, 0.4) is 0 Å². The number of hydrogen-bond donors (Lipinski definition) is 0. The van der Waals surface area contributed by atoms with E-state index < -0.39 is 6.04 Å². The molecule has 1 aliphatic rings. The summed E-state index contributed by atoms with van der Waals surface area (Å²) in [6.07, 6.45) is 0.637. The quantitative estimate of drug-likeness (QED) is 0.768. The molecule has 1 heterocycles. The Morgan fingerprint density at radius 3 is 2.50 bits per heavy atom. The number of rotatable bonds is 7. The van der Waals surface area contributed by atoms with Crippen molar-refractivity contribution in [3.8, 4) is 5.75 Å². The zero-order chi connectivity index (χ0) is 17.7. The van der Waals surface area contributed by atoms with Gasteiger partial charge < -0.3 is 14.5 Å². The second-order valence-electron chi connectivity index (χ2n) is 6.39. The molecule has 1 aliphatic heterocycles. The summed E-state index contributed by atoms with van der Waals surface area (Å²) in [6.45, 7) is 7.23. The average Bonchev–Trinajstić information content (AvgIpc) is 2.54. The van der Waals surface area contributed by atoms with Crippen molar-refractivity contribution in [1.29, 1.82) is 0 Å². The Kier molecular flexibility index (Phi) is 6.17. The molecule has 1 atom stereocenters. The van der Waals surface area contributed by atoms with Crippen LogP contribution in [0.4, 0.5) is 4.39 Å². The van der Waals surface area contributed by atoms with E-state index in [-0.39, 0.29) is 30.8 Å². The van der Waals surface area contributed by atoms with Gasteiger partial charge in [-0.2, -0.15) is 0 Å². The molecule has 2 rings (SSSR count). The number of nitrogens with zero attached hydrogens (tertiary/aromatic N) is 2. The lowest BCUT2D eigenvalue weighted by Crippen LogP contribution is -2.60. The number of carbonyl (C=O) groups is 2. The van der Waals surface area contributed by atoms with Crippen LogP contribution in [0.5, 0.6) is 5.75 Å². The van der Waals surface area contributed by atoms with E-state index in [4.69, 9.17) is 4.74 Å². The fourth-order valence-corrected chi connectivity index (χ4v) is 2.87. The summed E-state index contributed by atoms with van der Waals surface area (Å²) in [5, 5.41) is 0. The SMILES string of the molecule is CCN1CC(=O)N(CCOc2ccc(F)cc2)[C@@H](CC(C)C)C1=O. The summed E-state index contributed by atoms with van der Waals surface area (Å²) < 4.78 is 18.5. The lowest BCUT2D eigenvalue weighted by Gasteiger charge is -2.40. The molecule has 0 unspecified atom stereocenters. The predicted octanol–water partition coefficient (Wildman–Crippen LogP) is 2.31. The van der Waals surface area contributed by atoms with Crippen molar-refractivity contribution in [2.75, 3.05) is 26.2 Å². The van der Waals surface area contributed by atoms with Gasteiger partial charge in [0.15, 0.2) is 0 Å². The first-order valence-corrected chi connectivity index (χ1v) is 8.39. The third kappa shape index (κ3) is 4.46. The van der Waals surface area contributed by atoms with Crippen LogP contribution >= 0.6 is 0 Å². The van der Waals surface area contributed by atoms with Crippen LogP contribution in [0, 0.1) is 11.7 Å². The Balaban J connectivity index is 2.00. The predicted molar refractivity (Wildman–Crippen MR) is 89.1 cm³/mol. The van der Waals surface area contributed by atoms with Crippen molar-refractivity contribution in [3.05, 3.63) is 30.1 Å². The molecule has 1 aromatic carbocycles. The maximum absolute atomic E-state index is 12.9. The minimum atomic E-state index is -0.428. The van der Waals surface area contributed by atoms with Gasteiger partial charge >= 0.3 is 0 Å². The van der Waals surface area contributed by atoms with E-state index in [9.17, 15) is 14.0 Å². The van der Waals surface area contributed by atoms with Crippen molar-refractivity contribution >= 4 is 11.8 Å². The van der Waals surface area contributed by atoms with Crippen LogP contribution in [-0.2, 0) is 9.59 Å². The molecule has 1 aromatic rings. The zero-order valence-electron chi connectivity index (χ0n) is 14.5. The van der Waals surface area contributed by atoms with Gasteiger partial charge in [0.25, 0.3) is 0 Å². The van der Waals surface area contributed by atoms with Crippen LogP contribution in [0.25, 0.3) is 0 Å². The minimum Gasteiger partial charge on any atom is -0.492 e. The fraction of sp³-hybridized carbons (Fsp3) is 0.556. The zero-order valence-corrected chi connectivity index (χ0v) is 14.5. The maximum atomic E-state index is 12.9. The highest BCUT2D eigenvalue weighted by atomic mass is 19.1. The van der Waals surface area contributed by atoms with E-state index >= 15 is 0 Å². The van der Waals surface area contributed by atoms with Gasteiger partial charge in [-0.25, -0.2) is 4.39 Å². The first-order valence-electron chi connectivity index (χ1n) is 8.39. The molecule has 0 saturated carbocycles. The molecule has 0 spiro atoms. The summed E-state index contributed by atoms with van der Waals surface area (Å²) >= 11 is 0. The van der Waals surface area contributed by atoms with Gasteiger partial charge in [-0.15, -0.1) is 0 Å². The fourth-order valence-electron chi connectivity index (χ4n) is 2.87. The first kappa shape index (κ1) is 18.2. The Morgan fingerprint density at radius 2 is 1.92 bits per heavy atom. The van der Waals surface area contributed by atoms with Gasteiger partial charge in [-0.1, -0.05) is 13.8 Å². The molecular weight excluding hydrogens is 311 g/mol. The molecule has 1 saturated heterocycles. The van der Waals surface area contributed by atoms with E-state index in [0.29, 0.717) is 31.2 Å². The lowest BCUT2D eigenvalue weighted by atomic mass is 9.99. The van der Waals surface area contributed by atoms with E-state index in [1.807, 2.05) is 20.8 Å². The highest BCUT2D eigenvalue weighted by Crippen LogP contribution is 2.20. The van der Waals surface area contributed by atoms with E-state index in [0.717, 1.165) is 0 Å². The molecule has 0 radical (unpaired) electrons. The van der Waals surface area contributed by atoms with E-state index in [2.05, 4.69) is 0 Å². The molecule has 24 heavy (non-hydrogen) atoms. The number of benzene rings is 1. The van der Waals surface area contributed by atoms with Crippen molar-refractivity contribution in [2.45, 2.75) is 33.2 Å². The van der Waals surface area contributed by atoms with Gasteiger partial charge in [0.2, 0.25) is 11.8 Å². The number of ether oxygens (including phenoxy) is 1. The van der Waals surface area contributed by atoms with Gasteiger partial charge in [-0.3, -0.25) is 9.59 Å². The van der Waals surface area contributed by atoms with Crippen LogP contribution in [0.15, 0.2) is 24.3 Å². The third-order valence-electron chi connectivity index (χ3n) is 4.11. The number of halogens is 1. The monoisotopic (exact) mass is 336 g/mol. The topological polar surface area (TPSA) is 49.9 Å². The highest BCUT2D eigenvalue weighted by Gasteiger charge is 2.38. The minimum absolute atomic E-state index is 0.00702. The summed E-state index contributed by atoms with van der Waals surface area (Å²) in [5.41, 5.74) is 0. The van der Waals surface area contributed by atoms with Gasteiger partial charge in [0, 0.05) is 6.54 Å². The Morgan fingerprint density at radius 1 is 1.25 bits per heavy atom. The second kappa shape index (κ2) is 8.13. The molecule has 2 amide bonds. The van der Waals surface area contributed by atoms with E-state index in [1.54, 1.807) is 21.9 Å². The molecule has 0 aliphatic carbocycles. The Hall–Kier alpha value is -2.11. The highest BCUT2D eigenvalue weighted by molar-refractivity contribution is 5.94. The standard InChI is InChI=1S/C18H25FN2O3/c1-4-20-12-17(22)21(16(18(20)23)11-13(2)3)9-10-24-15-7-5-14(19)6-8-15/h5-8,13,16H,4,9-12H2,1-3H3/t16-/m0/s1. The molecule has 6 heteroatoms. The largest absolute Gasteiger partial charge is 0.492 e. The maximum Gasteiger partial charge on any atom is 0.245 e. The molecule has 5 nitrogen and oxygen atoms in total. The Bertz CT molecular complexity index is 574. The van der Waals surface area contributed by atoms with Crippen molar-refractivity contribution < 1.29 is 18.7 Å². The Labute approximate surface area is 142 Å². The molecule has 1 fully saturated rings. The first-order chi connectivity index (χ1) is 11.4. The number of likely N-dealkylation sites (N-methyl/N-ethyl adjacent to an activating group) is 1. The molecule has 0 bridgehead atoms. The smallest absolute Gasteiger partial charge is 0.245 e. The van der Waals surface area contributed by atoms with Crippen LogP contribution in [-0.4, -0.2) is 53.9 Å². The third-order valence-corrected chi connectivity index (χ3v) is 4.11. The number of amides is 2. The number of piperazine rings is 1. The number of hydrogen-bond acceptors (Lipinski definition) is 3. The second-order valence-corrected chi connectivity index (χ2v) is 6.39. The summed E-state index contributed by atoms with van der Waals surface area (Å²) in [7, 11) is 0. The van der Waals surface area contributed by atoms with E-state index in [1.165, 1.54) is 12.1 Å². The van der Waals surface area contributed by atoms with Crippen molar-refractivity contribution in [2.24, 2.45) is 5.92 Å². The number of carbonyl (C=O) groups excluding carboxylic acids is 2. The summed E-state index contributed by atoms with van der Waals surface area (Å²) in [4.78, 5) is 28.2.